The van der Waals surface area contributed by atoms with Crippen LogP contribution in [-0.4, -0.2) is 35.5 Å². The van der Waals surface area contributed by atoms with Gasteiger partial charge in [-0.25, -0.2) is 4.98 Å². The van der Waals surface area contributed by atoms with Gasteiger partial charge in [-0.3, -0.25) is 14.9 Å². The first kappa shape index (κ1) is 20.1. The fourth-order valence-electron chi connectivity index (χ4n) is 3.15. The molecule has 1 fully saturated rings. The Morgan fingerprint density at radius 1 is 1.34 bits per heavy atom. The van der Waals surface area contributed by atoms with E-state index in [0.29, 0.717) is 30.9 Å². The zero-order chi connectivity index (χ0) is 20.6. The molecule has 0 spiro atoms. The summed E-state index contributed by atoms with van der Waals surface area (Å²) in [7, 11) is 0. The van der Waals surface area contributed by atoms with Crippen LogP contribution in [0.4, 0.5) is 17.2 Å². The van der Waals surface area contributed by atoms with Gasteiger partial charge in [0, 0.05) is 37.3 Å². The van der Waals surface area contributed by atoms with E-state index >= 15 is 0 Å². The van der Waals surface area contributed by atoms with Crippen molar-refractivity contribution in [3.63, 3.8) is 0 Å². The number of nitro benzene ring substituents is 1. The fourth-order valence-corrected chi connectivity index (χ4v) is 3.15. The maximum atomic E-state index is 12.7. The molecular formula is C20H21N5O4. The Kier molecular flexibility index (Phi) is 6.58. The van der Waals surface area contributed by atoms with Gasteiger partial charge in [-0.2, -0.15) is 5.26 Å². The Hall–Kier alpha value is -3.67. The third-order valence-electron chi connectivity index (χ3n) is 4.57. The normalized spacial score (nSPS) is 13.0. The second-order valence-corrected chi connectivity index (χ2v) is 6.57. The molecule has 9 heteroatoms. The first-order chi connectivity index (χ1) is 14.1. The number of anilines is 2. The van der Waals surface area contributed by atoms with Crippen LogP contribution in [0.3, 0.4) is 0 Å². The topological polar surface area (TPSA) is 121 Å². The Balaban J connectivity index is 1.76. The summed E-state index contributed by atoms with van der Waals surface area (Å²) in [5.74, 6) is 0.0874. The van der Waals surface area contributed by atoms with Gasteiger partial charge in [0.15, 0.2) is 11.6 Å². The van der Waals surface area contributed by atoms with Crippen molar-refractivity contribution in [1.29, 1.82) is 5.26 Å². The molecule has 3 rings (SSSR count). The van der Waals surface area contributed by atoms with E-state index in [9.17, 15) is 14.9 Å². The number of nitrogens with zero attached hydrogens (tertiary/aromatic N) is 4. The Morgan fingerprint density at radius 3 is 2.86 bits per heavy atom. The molecule has 1 aliphatic heterocycles. The maximum absolute atomic E-state index is 12.7. The molecular weight excluding hydrogens is 374 g/mol. The minimum absolute atomic E-state index is 0.0893. The zero-order valence-electron chi connectivity index (χ0n) is 15.8. The molecule has 1 saturated heterocycles. The summed E-state index contributed by atoms with van der Waals surface area (Å²) in [5, 5.41) is 22.8. The number of unbranched alkanes of at least 4 members (excludes halogenated alkanes) is 1. The summed E-state index contributed by atoms with van der Waals surface area (Å²) in [6.07, 6.45) is 4.43. The number of nitro groups is 1. The van der Waals surface area contributed by atoms with Crippen LogP contribution in [0.2, 0.25) is 0 Å². The highest BCUT2D eigenvalue weighted by atomic mass is 16.6. The van der Waals surface area contributed by atoms with Gasteiger partial charge in [0.1, 0.15) is 5.69 Å². The molecule has 2 aromatic rings. The monoisotopic (exact) mass is 395 g/mol. The summed E-state index contributed by atoms with van der Waals surface area (Å²) < 4.78 is 5.58. The molecule has 1 aromatic heterocycles. The molecule has 2 heterocycles. The number of ether oxygens (including phenoxy) is 1. The van der Waals surface area contributed by atoms with Crippen LogP contribution < -0.4 is 15.0 Å². The van der Waals surface area contributed by atoms with Crippen LogP contribution in [0.5, 0.6) is 5.75 Å². The van der Waals surface area contributed by atoms with Crippen molar-refractivity contribution >= 4 is 23.1 Å². The third-order valence-corrected chi connectivity index (χ3v) is 4.57. The number of rotatable bonds is 8. The van der Waals surface area contributed by atoms with Crippen LogP contribution in [0.25, 0.3) is 0 Å². The second kappa shape index (κ2) is 9.50. The van der Waals surface area contributed by atoms with Crippen molar-refractivity contribution in [3.8, 4) is 11.8 Å². The number of hydrogen-bond donors (Lipinski definition) is 1. The quantitative estimate of drug-likeness (QED) is 0.412. The molecule has 1 aromatic carbocycles. The van der Waals surface area contributed by atoms with Gasteiger partial charge >= 0.3 is 0 Å². The molecule has 1 N–H and O–H groups in total. The predicted octanol–water partition coefficient (Wildman–Crippen LogP) is 3.52. The van der Waals surface area contributed by atoms with Gasteiger partial charge in [-0.1, -0.05) is 0 Å². The van der Waals surface area contributed by atoms with Crippen molar-refractivity contribution in [2.24, 2.45) is 0 Å². The molecule has 0 saturated carbocycles. The lowest BCUT2D eigenvalue weighted by Gasteiger charge is -2.18. The van der Waals surface area contributed by atoms with Crippen molar-refractivity contribution < 1.29 is 14.5 Å². The lowest BCUT2D eigenvalue weighted by atomic mass is 10.1. The van der Waals surface area contributed by atoms with E-state index < -0.39 is 10.8 Å². The summed E-state index contributed by atoms with van der Waals surface area (Å²) in [6.45, 7) is 1.86. The minimum Gasteiger partial charge on any atom is -0.490 e. The predicted molar refractivity (Wildman–Crippen MR) is 107 cm³/mol. The van der Waals surface area contributed by atoms with Crippen molar-refractivity contribution in [1.82, 2.24) is 4.98 Å². The molecule has 1 amide bonds. The number of nitriles is 1. The fraction of sp³-hybridized carbons (Fsp3) is 0.350. The molecule has 0 atom stereocenters. The highest BCUT2D eigenvalue weighted by Gasteiger charge is 2.24. The zero-order valence-corrected chi connectivity index (χ0v) is 15.8. The smallest absolute Gasteiger partial charge is 0.293 e. The SMILES string of the molecule is N#CCCCOc1cccnc1NC(=O)c1ccc(N2CCCC2)c([N+](=O)[O-])c1. The lowest BCUT2D eigenvalue weighted by molar-refractivity contribution is -0.384. The number of aromatic nitrogens is 1. The van der Waals surface area contributed by atoms with E-state index in [4.69, 9.17) is 10.00 Å². The van der Waals surface area contributed by atoms with Gasteiger partial charge in [0.25, 0.3) is 11.6 Å². The lowest BCUT2D eigenvalue weighted by Crippen LogP contribution is -2.20. The largest absolute Gasteiger partial charge is 0.490 e. The van der Waals surface area contributed by atoms with E-state index in [1.807, 2.05) is 11.0 Å². The molecule has 0 unspecified atom stereocenters. The summed E-state index contributed by atoms with van der Waals surface area (Å²) in [6, 6.07) is 9.86. The first-order valence-corrected chi connectivity index (χ1v) is 9.39. The highest BCUT2D eigenvalue weighted by Crippen LogP contribution is 2.32. The third kappa shape index (κ3) is 4.99. The van der Waals surface area contributed by atoms with Gasteiger partial charge in [0.2, 0.25) is 0 Å². The van der Waals surface area contributed by atoms with Crippen LogP contribution >= 0.6 is 0 Å². The Bertz CT molecular complexity index is 935. The molecule has 0 aliphatic carbocycles. The first-order valence-electron chi connectivity index (χ1n) is 9.39. The number of benzene rings is 1. The van der Waals surface area contributed by atoms with E-state index in [2.05, 4.69) is 10.3 Å². The second-order valence-electron chi connectivity index (χ2n) is 6.57. The van der Waals surface area contributed by atoms with Crippen LogP contribution in [-0.2, 0) is 0 Å². The summed E-state index contributed by atoms with van der Waals surface area (Å²) in [5.41, 5.74) is 0.609. The average Bonchev–Trinajstić information content (AvgIpc) is 3.26. The van der Waals surface area contributed by atoms with E-state index in [1.165, 1.54) is 12.3 Å². The van der Waals surface area contributed by atoms with Crippen LogP contribution in [0.1, 0.15) is 36.0 Å². The van der Waals surface area contributed by atoms with Crippen LogP contribution in [0.15, 0.2) is 36.5 Å². The Morgan fingerprint density at radius 2 is 2.14 bits per heavy atom. The number of pyridine rings is 1. The maximum Gasteiger partial charge on any atom is 0.293 e. The van der Waals surface area contributed by atoms with Gasteiger partial charge in [0.05, 0.1) is 17.6 Å². The standard InChI is InChI=1S/C20H21N5O4/c21-9-1-4-13-29-18-6-5-10-22-19(18)23-20(26)15-7-8-16(17(14-15)25(27)28)24-11-2-3-12-24/h5-8,10,14H,1-4,11-13H2,(H,22,23,26). The number of carbonyl (C=O) groups excluding carboxylic acids is 1. The van der Waals surface area contributed by atoms with Crippen molar-refractivity contribution in [2.75, 3.05) is 29.9 Å². The van der Waals surface area contributed by atoms with E-state index in [-0.39, 0.29) is 17.1 Å². The average molecular weight is 395 g/mol. The van der Waals surface area contributed by atoms with Crippen LogP contribution in [0, 0.1) is 21.4 Å². The molecule has 9 nitrogen and oxygen atoms in total. The number of hydrogen-bond acceptors (Lipinski definition) is 7. The number of nitrogens with one attached hydrogen (secondary N) is 1. The summed E-state index contributed by atoms with van der Waals surface area (Å²) >= 11 is 0. The molecule has 0 radical (unpaired) electrons. The molecule has 1 aliphatic rings. The summed E-state index contributed by atoms with van der Waals surface area (Å²) in [4.78, 5) is 29.8. The molecule has 29 heavy (non-hydrogen) atoms. The van der Waals surface area contributed by atoms with E-state index in [0.717, 1.165) is 25.9 Å². The Labute approximate surface area is 168 Å². The van der Waals surface area contributed by atoms with Crippen molar-refractivity contribution in [3.05, 3.63) is 52.2 Å². The minimum atomic E-state index is -0.512. The van der Waals surface area contributed by atoms with Crippen molar-refractivity contribution in [2.45, 2.75) is 25.7 Å². The number of carbonyl (C=O) groups is 1. The van der Waals surface area contributed by atoms with E-state index in [1.54, 1.807) is 24.3 Å². The highest BCUT2D eigenvalue weighted by molar-refractivity contribution is 6.05. The molecule has 0 bridgehead atoms. The molecule has 150 valence electrons. The van der Waals surface area contributed by atoms with Gasteiger partial charge < -0.3 is 15.0 Å². The number of amides is 1. The van der Waals surface area contributed by atoms with Gasteiger partial charge in [-0.05, 0) is 43.5 Å². The van der Waals surface area contributed by atoms with Gasteiger partial charge in [-0.15, -0.1) is 0 Å².